The molecule has 0 aliphatic heterocycles. The number of hydrogen-bond acceptors (Lipinski definition) is 3. The standard InChI is InChI=1S/C21H34O3/c1-16(11-14-20(23)21(3,4)24)9-7-5-6-8-10-18-15-19(22)13-12-17(18)2/h6,8,10,16,19,22,24H,2,5,7,9,11-15H2,1,3-4H3. The van der Waals surface area contributed by atoms with E-state index >= 15 is 0 Å². The minimum atomic E-state index is -1.20. The Morgan fingerprint density at radius 2 is 2.12 bits per heavy atom. The van der Waals surface area contributed by atoms with Gasteiger partial charge in [0.1, 0.15) is 5.60 Å². The molecular weight excluding hydrogens is 300 g/mol. The summed E-state index contributed by atoms with van der Waals surface area (Å²) < 4.78 is 0. The van der Waals surface area contributed by atoms with Gasteiger partial charge in [-0.1, -0.05) is 43.7 Å². The van der Waals surface area contributed by atoms with E-state index in [0.29, 0.717) is 12.3 Å². The van der Waals surface area contributed by atoms with Gasteiger partial charge in [0, 0.05) is 6.42 Å². The fourth-order valence-electron chi connectivity index (χ4n) is 2.88. The Morgan fingerprint density at radius 3 is 2.79 bits per heavy atom. The van der Waals surface area contributed by atoms with Crippen molar-refractivity contribution >= 4 is 5.78 Å². The molecule has 0 spiro atoms. The molecule has 0 aromatic rings. The zero-order valence-corrected chi connectivity index (χ0v) is 15.6. The van der Waals surface area contributed by atoms with E-state index in [1.54, 1.807) is 13.8 Å². The van der Waals surface area contributed by atoms with E-state index in [4.69, 9.17) is 0 Å². The third-order valence-corrected chi connectivity index (χ3v) is 4.74. The molecule has 0 heterocycles. The molecule has 136 valence electrons. The van der Waals surface area contributed by atoms with Gasteiger partial charge < -0.3 is 10.2 Å². The van der Waals surface area contributed by atoms with Crippen LogP contribution in [0.4, 0.5) is 0 Å². The number of aliphatic hydroxyl groups is 2. The number of carbonyl (C=O) groups is 1. The number of ketones is 1. The third kappa shape index (κ3) is 8.07. The third-order valence-electron chi connectivity index (χ3n) is 4.74. The van der Waals surface area contributed by atoms with E-state index < -0.39 is 5.60 Å². The van der Waals surface area contributed by atoms with Crippen molar-refractivity contribution in [2.75, 3.05) is 0 Å². The molecule has 3 heteroatoms. The summed E-state index contributed by atoms with van der Waals surface area (Å²) in [6.07, 6.45) is 13.0. The Morgan fingerprint density at radius 1 is 1.42 bits per heavy atom. The van der Waals surface area contributed by atoms with Crippen LogP contribution in [0.3, 0.4) is 0 Å². The second-order valence-corrected chi connectivity index (χ2v) is 7.68. The second-order valence-electron chi connectivity index (χ2n) is 7.68. The maximum absolute atomic E-state index is 11.7. The van der Waals surface area contributed by atoms with Gasteiger partial charge in [0.2, 0.25) is 0 Å². The summed E-state index contributed by atoms with van der Waals surface area (Å²) in [5.74, 6) is 0.423. The molecule has 1 aliphatic carbocycles. The highest BCUT2D eigenvalue weighted by molar-refractivity contribution is 5.86. The van der Waals surface area contributed by atoms with E-state index in [9.17, 15) is 15.0 Å². The van der Waals surface area contributed by atoms with Crippen LogP contribution in [0.15, 0.2) is 36.0 Å². The highest BCUT2D eigenvalue weighted by atomic mass is 16.3. The van der Waals surface area contributed by atoms with Gasteiger partial charge in [-0.15, -0.1) is 0 Å². The van der Waals surface area contributed by atoms with Crippen molar-refractivity contribution in [3.8, 4) is 0 Å². The Hall–Kier alpha value is -1.19. The minimum Gasteiger partial charge on any atom is -0.393 e. The molecule has 2 unspecified atom stereocenters. The molecule has 0 aromatic carbocycles. The normalized spacial score (nSPS) is 22.3. The number of hydrogen-bond donors (Lipinski definition) is 2. The number of aliphatic hydroxyl groups excluding tert-OH is 1. The highest BCUT2D eigenvalue weighted by Crippen LogP contribution is 2.27. The van der Waals surface area contributed by atoms with Gasteiger partial charge in [0.15, 0.2) is 5.78 Å². The first-order valence-electron chi connectivity index (χ1n) is 9.17. The van der Waals surface area contributed by atoms with Crippen LogP contribution in [0, 0.1) is 5.92 Å². The molecule has 24 heavy (non-hydrogen) atoms. The van der Waals surface area contributed by atoms with Gasteiger partial charge >= 0.3 is 0 Å². The monoisotopic (exact) mass is 334 g/mol. The molecule has 1 aliphatic rings. The fraction of sp³-hybridized carbons (Fsp3) is 0.667. The number of carbonyl (C=O) groups excluding carboxylic acids is 1. The van der Waals surface area contributed by atoms with Crippen molar-refractivity contribution in [2.45, 2.75) is 83.8 Å². The number of Topliss-reactive ketones (excluding diaryl/α,β-unsaturated/α-hetero) is 1. The lowest BCUT2D eigenvalue weighted by atomic mass is 9.88. The zero-order valence-electron chi connectivity index (χ0n) is 15.6. The molecule has 1 saturated carbocycles. The molecule has 1 fully saturated rings. The van der Waals surface area contributed by atoms with E-state index in [1.807, 2.05) is 0 Å². The molecule has 0 saturated heterocycles. The average Bonchev–Trinajstić information content (AvgIpc) is 2.50. The summed E-state index contributed by atoms with van der Waals surface area (Å²) in [6, 6.07) is 0. The Labute approximate surface area is 147 Å². The number of rotatable bonds is 9. The van der Waals surface area contributed by atoms with Gasteiger partial charge in [0.05, 0.1) is 6.10 Å². The Kier molecular flexibility index (Phi) is 8.65. The van der Waals surface area contributed by atoms with Crippen LogP contribution in [0.1, 0.15) is 72.1 Å². The van der Waals surface area contributed by atoms with Crippen LogP contribution in [-0.2, 0) is 4.79 Å². The SMILES string of the molecule is C=C1CCC(O)CC1=CC=CCCCC(C)CCC(=O)C(C)(C)O. The summed E-state index contributed by atoms with van der Waals surface area (Å²) in [5, 5.41) is 19.3. The molecule has 3 nitrogen and oxygen atoms in total. The van der Waals surface area contributed by atoms with E-state index in [0.717, 1.165) is 50.5 Å². The van der Waals surface area contributed by atoms with Crippen molar-refractivity contribution < 1.29 is 15.0 Å². The molecule has 2 N–H and O–H groups in total. The second kappa shape index (κ2) is 9.95. The van der Waals surface area contributed by atoms with Crippen molar-refractivity contribution in [3.05, 3.63) is 36.0 Å². The lowest BCUT2D eigenvalue weighted by Gasteiger charge is -2.21. The van der Waals surface area contributed by atoms with Crippen LogP contribution in [0.2, 0.25) is 0 Å². The molecule has 0 aromatic heterocycles. The van der Waals surface area contributed by atoms with E-state index in [-0.39, 0.29) is 11.9 Å². The first-order valence-corrected chi connectivity index (χ1v) is 9.17. The molecule has 1 rings (SSSR count). The van der Waals surface area contributed by atoms with E-state index in [1.165, 1.54) is 5.57 Å². The number of allylic oxidation sites excluding steroid dienone is 4. The molecule has 2 atom stereocenters. The molecule has 0 radical (unpaired) electrons. The van der Waals surface area contributed by atoms with Gasteiger partial charge in [-0.2, -0.15) is 0 Å². The average molecular weight is 335 g/mol. The van der Waals surface area contributed by atoms with Gasteiger partial charge in [-0.25, -0.2) is 0 Å². The van der Waals surface area contributed by atoms with Crippen LogP contribution >= 0.6 is 0 Å². The quantitative estimate of drug-likeness (QED) is 0.611. The van der Waals surface area contributed by atoms with Crippen LogP contribution in [-0.4, -0.2) is 27.7 Å². The summed E-state index contributed by atoms with van der Waals surface area (Å²) in [5.41, 5.74) is 1.12. The van der Waals surface area contributed by atoms with Crippen molar-refractivity contribution in [3.63, 3.8) is 0 Å². The summed E-state index contributed by atoms with van der Waals surface area (Å²) in [4.78, 5) is 11.7. The first kappa shape index (κ1) is 20.9. The maximum atomic E-state index is 11.7. The predicted octanol–water partition coefficient (Wildman–Crippen LogP) is 4.50. The van der Waals surface area contributed by atoms with E-state index in [2.05, 4.69) is 31.7 Å². The smallest absolute Gasteiger partial charge is 0.163 e. The Balaban J connectivity index is 2.21. The van der Waals surface area contributed by atoms with Gasteiger partial charge in [-0.3, -0.25) is 4.79 Å². The zero-order chi connectivity index (χ0) is 18.2. The van der Waals surface area contributed by atoms with Crippen molar-refractivity contribution in [1.29, 1.82) is 0 Å². The summed E-state index contributed by atoms with van der Waals surface area (Å²) in [6.45, 7) is 9.33. The Bertz CT molecular complexity index is 480. The van der Waals surface area contributed by atoms with Gasteiger partial charge in [0.25, 0.3) is 0 Å². The van der Waals surface area contributed by atoms with Gasteiger partial charge in [-0.05, 0) is 63.9 Å². The van der Waals surface area contributed by atoms with Crippen LogP contribution < -0.4 is 0 Å². The van der Waals surface area contributed by atoms with Crippen molar-refractivity contribution in [2.24, 2.45) is 5.92 Å². The number of unbranched alkanes of at least 4 members (excludes halogenated alkanes) is 1. The highest BCUT2D eigenvalue weighted by Gasteiger charge is 2.23. The van der Waals surface area contributed by atoms with Crippen molar-refractivity contribution in [1.82, 2.24) is 0 Å². The largest absolute Gasteiger partial charge is 0.393 e. The topological polar surface area (TPSA) is 57.5 Å². The molecule has 0 amide bonds. The maximum Gasteiger partial charge on any atom is 0.163 e. The fourth-order valence-corrected chi connectivity index (χ4v) is 2.88. The molecule has 0 bridgehead atoms. The lowest BCUT2D eigenvalue weighted by molar-refractivity contribution is -0.134. The predicted molar refractivity (Wildman–Crippen MR) is 99.8 cm³/mol. The lowest BCUT2D eigenvalue weighted by Crippen LogP contribution is -2.31. The summed E-state index contributed by atoms with van der Waals surface area (Å²) in [7, 11) is 0. The molecular formula is C21H34O3. The van der Waals surface area contributed by atoms with Crippen LogP contribution in [0.5, 0.6) is 0 Å². The van der Waals surface area contributed by atoms with Crippen LogP contribution in [0.25, 0.3) is 0 Å². The minimum absolute atomic E-state index is 0.0734. The summed E-state index contributed by atoms with van der Waals surface area (Å²) >= 11 is 0. The first-order chi connectivity index (χ1) is 11.2.